The summed E-state index contributed by atoms with van der Waals surface area (Å²) in [7, 11) is 1.93. The van der Waals surface area contributed by atoms with Crippen LogP contribution in [0.15, 0.2) is 21.8 Å². The fourth-order valence-electron chi connectivity index (χ4n) is 5.09. The summed E-state index contributed by atoms with van der Waals surface area (Å²) >= 11 is 2.11. The van der Waals surface area contributed by atoms with Crippen LogP contribution in [0.5, 0.6) is 0 Å². The molecule has 1 aromatic heterocycles. The van der Waals surface area contributed by atoms with Crippen LogP contribution < -0.4 is 5.32 Å². The second-order valence-electron chi connectivity index (χ2n) is 8.54. The molecular formula is C21H37IN6OS. The molecule has 1 N–H and O–H groups in total. The monoisotopic (exact) mass is 548 g/mol. The number of halogens is 1. The van der Waals surface area contributed by atoms with Crippen LogP contribution in [0.2, 0.25) is 0 Å². The fourth-order valence-corrected chi connectivity index (χ4v) is 6.00. The first kappa shape index (κ1) is 24.1. The Morgan fingerprint density at radius 1 is 1.13 bits per heavy atom. The minimum atomic E-state index is 0. The third-order valence-electron chi connectivity index (χ3n) is 6.80. The highest BCUT2D eigenvalue weighted by Gasteiger charge is 2.38. The highest BCUT2D eigenvalue weighted by atomic mass is 127. The van der Waals surface area contributed by atoms with E-state index in [1.807, 2.05) is 13.1 Å². The van der Waals surface area contributed by atoms with Crippen LogP contribution in [-0.4, -0.2) is 95.7 Å². The van der Waals surface area contributed by atoms with Gasteiger partial charge in [0.1, 0.15) is 6.26 Å². The Bertz CT molecular complexity index is 638. The second-order valence-corrected chi connectivity index (χ2v) is 9.76. The molecule has 2 saturated heterocycles. The average Bonchev–Trinajstić information content (AvgIpc) is 3.30. The van der Waals surface area contributed by atoms with Crippen molar-refractivity contribution >= 4 is 41.7 Å². The molecule has 2 aliphatic heterocycles. The van der Waals surface area contributed by atoms with Gasteiger partial charge in [-0.15, -0.1) is 24.0 Å². The summed E-state index contributed by atoms with van der Waals surface area (Å²) in [5, 5.41) is 7.83. The van der Waals surface area contributed by atoms with E-state index < -0.39 is 0 Å². The molecule has 30 heavy (non-hydrogen) atoms. The molecule has 9 heteroatoms. The lowest BCUT2D eigenvalue weighted by Crippen LogP contribution is -2.61. The quantitative estimate of drug-likeness (QED) is 0.345. The molecule has 3 aliphatic rings. The molecule has 0 unspecified atom stereocenters. The molecule has 0 atom stereocenters. The van der Waals surface area contributed by atoms with Crippen LogP contribution in [0.4, 0.5) is 0 Å². The summed E-state index contributed by atoms with van der Waals surface area (Å²) in [5.41, 5.74) is 1.34. The Kier molecular flexibility index (Phi) is 9.59. The van der Waals surface area contributed by atoms with Gasteiger partial charge in [-0.25, -0.2) is 0 Å². The van der Waals surface area contributed by atoms with Crippen molar-refractivity contribution in [3.8, 4) is 0 Å². The van der Waals surface area contributed by atoms with Gasteiger partial charge in [0.2, 0.25) is 0 Å². The predicted octanol–water partition coefficient (Wildman–Crippen LogP) is 2.74. The van der Waals surface area contributed by atoms with E-state index in [9.17, 15) is 0 Å². The Morgan fingerprint density at radius 2 is 1.87 bits per heavy atom. The highest BCUT2D eigenvalue weighted by molar-refractivity contribution is 14.0. The first-order chi connectivity index (χ1) is 14.3. The van der Waals surface area contributed by atoms with Crippen LogP contribution in [0.25, 0.3) is 0 Å². The number of hydrogen-bond donors (Lipinski definition) is 1. The van der Waals surface area contributed by atoms with E-state index in [0.29, 0.717) is 5.54 Å². The van der Waals surface area contributed by atoms with Gasteiger partial charge in [0, 0.05) is 82.5 Å². The number of nitrogens with one attached hydrogen (secondary N) is 1. The second kappa shape index (κ2) is 11.9. The standard InChI is InChI=1S/C21H36N6OS.HI/c1-22-20(26-10-8-25(9-11-26)17-19-5-14-28-24-19)23-18-21(6-3-2-4-7-21)27-12-15-29-16-13-27;/h5,14H,2-4,6-13,15-18H2,1H3,(H,22,23);1H. The Balaban J connectivity index is 0.00000256. The molecule has 0 radical (unpaired) electrons. The van der Waals surface area contributed by atoms with Crippen molar-refractivity contribution in [2.75, 3.05) is 64.4 Å². The maximum atomic E-state index is 4.96. The number of nitrogens with zero attached hydrogens (tertiary/aromatic N) is 5. The Hall–Kier alpha value is -0.520. The van der Waals surface area contributed by atoms with Crippen LogP contribution in [0, 0.1) is 0 Å². The molecule has 1 aliphatic carbocycles. The lowest BCUT2D eigenvalue weighted by Gasteiger charge is -2.49. The summed E-state index contributed by atoms with van der Waals surface area (Å²) in [5.74, 6) is 3.64. The zero-order valence-corrected chi connectivity index (χ0v) is 21.4. The number of guanidine groups is 1. The lowest BCUT2D eigenvalue weighted by molar-refractivity contribution is 0.0615. The van der Waals surface area contributed by atoms with E-state index in [0.717, 1.165) is 50.9 Å². The molecule has 170 valence electrons. The minimum Gasteiger partial charge on any atom is -0.364 e. The Morgan fingerprint density at radius 3 is 2.50 bits per heavy atom. The maximum Gasteiger partial charge on any atom is 0.193 e. The van der Waals surface area contributed by atoms with Gasteiger partial charge in [-0.1, -0.05) is 24.4 Å². The largest absolute Gasteiger partial charge is 0.364 e. The molecule has 0 bridgehead atoms. The zero-order valence-electron chi connectivity index (χ0n) is 18.2. The molecule has 0 spiro atoms. The third-order valence-corrected chi connectivity index (χ3v) is 7.74. The van der Waals surface area contributed by atoms with Crippen LogP contribution >= 0.6 is 35.7 Å². The van der Waals surface area contributed by atoms with Crippen LogP contribution in [-0.2, 0) is 6.54 Å². The molecule has 3 fully saturated rings. The predicted molar refractivity (Wildman–Crippen MR) is 135 cm³/mol. The van der Waals surface area contributed by atoms with Gasteiger partial charge in [-0.2, -0.15) is 11.8 Å². The minimum absolute atomic E-state index is 0. The van der Waals surface area contributed by atoms with Gasteiger partial charge < -0.3 is 14.7 Å². The molecular weight excluding hydrogens is 511 g/mol. The van der Waals surface area contributed by atoms with E-state index in [4.69, 9.17) is 4.52 Å². The maximum absolute atomic E-state index is 4.96. The van der Waals surface area contributed by atoms with Crippen molar-refractivity contribution in [2.24, 2.45) is 4.99 Å². The van der Waals surface area contributed by atoms with E-state index in [1.54, 1.807) is 6.26 Å². The van der Waals surface area contributed by atoms with Crippen molar-refractivity contribution in [3.63, 3.8) is 0 Å². The van der Waals surface area contributed by atoms with Crippen molar-refractivity contribution in [3.05, 3.63) is 18.0 Å². The van der Waals surface area contributed by atoms with Gasteiger partial charge in [-0.3, -0.25) is 14.8 Å². The smallest absolute Gasteiger partial charge is 0.193 e. The molecule has 4 rings (SSSR count). The summed E-state index contributed by atoms with van der Waals surface area (Å²) < 4.78 is 4.96. The lowest BCUT2D eigenvalue weighted by atomic mass is 9.80. The van der Waals surface area contributed by atoms with Crippen LogP contribution in [0.1, 0.15) is 37.8 Å². The van der Waals surface area contributed by atoms with E-state index in [-0.39, 0.29) is 24.0 Å². The fraction of sp³-hybridized carbons (Fsp3) is 0.810. The number of aromatic nitrogens is 1. The highest BCUT2D eigenvalue weighted by Crippen LogP contribution is 2.34. The van der Waals surface area contributed by atoms with E-state index in [2.05, 4.69) is 41.9 Å². The van der Waals surface area contributed by atoms with Gasteiger partial charge in [0.15, 0.2) is 5.96 Å². The summed E-state index contributed by atoms with van der Waals surface area (Å²) in [6.07, 6.45) is 8.43. The third kappa shape index (κ3) is 6.04. The molecule has 1 saturated carbocycles. The number of thioether (sulfide) groups is 1. The Labute approximate surface area is 202 Å². The summed E-state index contributed by atoms with van der Waals surface area (Å²) in [4.78, 5) is 12.3. The van der Waals surface area contributed by atoms with Gasteiger partial charge >= 0.3 is 0 Å². The van der Waals surface area contributed by atoms with Gasteiger partial charge in [-0.05, 0) is 12.8 Å². The SMILES string of the molecule is CN=C(NCC1(N2CCSCC2)CCCCC1)N1CCN(Cc2ccon2)CC1.I. The summed E-state index contributed by atoms with van der Waals surface area (Å²) in [6.45, 7) is 8.45. The average molecular weight is 549 g/mol. The van der Waals surface area contributed by atoms with Crippen molar-refractivity contribution in [1.29, 1.82) is 0 Å². The van der Waals surface area contributed by atoms with Crippen LogP contribution in [0.3, 0.4) is 0 Å². The van der Waals surface area contributed by atoms with Crippen molar-refractivity contribution in [2.45, 2.75) is 44.2 Å². The number of aliphatic imine (C=N–C) groups is 1. The van der Waals surface area contributed by atoms with E-state index in [1.165, 1.54) is 56.7 Å². The first-order valence-corrected chi connectivity index (χ1v) is 12.3. The molecule has 0 aromatic carbocycles. The zero-order chi connectivity index (χ0) is 19.9. The van der Waals surface area contributed by atoms with Gasteiger partial charge in [0.05, 0.1) is 5.69 Å². The first-order valence-electron chi connectivity index (χ1n) is 11.2. The van der Waals surface area contributed by atoms with Crippen molar-refractivity contribution in [1.82, 2.24) is 25.2 Å². The number of rotatable bonds is 5. The topological polar surface area (TPSA) is 60.1 Å². The molecule has 7 nitrogen and oxygen atoms in total. The molecule has 1 aromatic rings. The number of piperazine rings is 1. The van der Waals surface area contributed by atoms with Gasteiger partial charge in [0.25, 0.3) is 0 Å². The summed E-state index contributed by atoms with van der Waals surface area (Å²) in [6, 6.07) is 1.95. The van der Waals surface area contributed by atoms with E-state index >= 15 is 0 Å². The normalized spacial score (nSPS) is 23.8. The number of hydrogen-bond acceptors (Lipinski definition) is 6. The molecule has 0 amide bonds. The molecule has 3 heterocycles. The van der Waals surface area contributed by atoms with Crippen molar-refractivity contribution < 1.29 is 4.52 Å².